The molecule has 0 heterocycles. The number of phenolic OH excluding ortho intramolecular Hbond substituents is 1. The minimum Gasteiger partial charge on any atom is -0.508 e. The maximum atomic E-state index is 8.92. The summed E-state index contributed by atoms with van der Waals surface area (Å²) < 4.78 is 0. The third-order valence-electron chi connectivity index (χ3n) is 1.12. The molecule has 1 aromatic rings. The van der Waals surface area contributed by atoms with Crippen LogP contribution >= 0.6 is 0 Å². The van der Waals surface area contributed by atoms with Gasteiger partial charge in [0, 0.05) is 19.5 Å². The van der Waals surface area contributed by atoms with Crippen molar-refractivity contribution in [3.63, 3.8) is 0 Å². The number of hydrogen-bond donors (Lipinski definition) is 1. The summed E-state index contributed by atoms with van der Waals surface area (Å²) in [6, 6.07) is 7.25. The molecule has 0 atom stereocenters. The monoisotopic (exact) mass is 210 g/mol. The van der Waals surface area contributed by atoms with Crippen LogP contribution in [-0.4, -0.2) is 5.11 Å². The molecule has 0 amide bonds. The van der Waals surface area contributed by atoms with Gasteiger partial charge in [-0.15, -0.1) is 0 Å². The number of aromatic hydroxyl groups is 1. The van der Waals surface area contributed by atoms with E-state index in [2.05, 4.69) is 0 Å². The van der Waals surface area contributed by atoms with Crippen molar-refractivity contribution in [1.82, 2.24) is 0 Å². The summed E-state index contributed by atoms with van der Waals surface area (Å²) in [4.78, 5) is 0. The fourth-order valence-corrected chi connectivity index (χ4v) is 0.563. The van der Waals surface area contributed by atoms with E-state index in [1.54, 1.807) is 6.07 Å². The van der Waals surface area contributed by atoms with Gasteiger partial charge < -0.3 is 5.11 Å². The van der Waals surface area contributed by atoms with Gasteiger partial charge in [-0.2, -0.15) is 0 Å². The molecule has 1 nitrogen and oxygen atoms in total. The summed E-state index contributed by atoms with van der Waals surface area (Å²) in [7, 11) is 0. The molecular weight excluding hydrogens is 201 g/mol. The van der Waals surface area contributed by atoms with Crippen LogP contribution in [-0.2, 0) is 19.5 Å². The number of aryl methyl sites for hydroxylation is 1. The summed E-state index contributed by atoms with van der Waals surface area (Å²) in [5.74, 6) is 0.368. The van der Waals surface area contributed by atoms with Crippen molar-refractivity contribution < 1.29 is 24.6 Å². The molecule has 0 saturated carbocycles. The van der Waals surface area contributed by atoms with E-state index in [1.807, 2.05) is 25.1 Å². The zero-order valence-electron chi connectivity index (χ0n) is 5.11. The van der Waals surface area contributed by atoms with Gasteiger partial charge in [0.25, 0.3) is 0 Å². The number of phenols is 1. The Kier molecular flexibility index (Phi) is 3.48. The van der Waals surface area contributed by atoms with Crippen LogP contribution < -0.4 is 0 Å². The molecule has 1 N–H and O–H groups in total. The van der Waals surface area contributed by atoms with E-state index >= 15 is 0 Å². The van der Waals surface area contributed by atoms with Gasteiger partial charge >= 0.3 is 0 Å². The fraction of sp³-hybridized carbons (Fsp3) is 0.143. The predicted molar refractivity (Wildman–Crippen MR) is 32.8 cm³/mol. The first-order valence-corrected chi connectivity index (χ1v) is 2.55. The van der Waals surface area contributed by atoms with E-state index in [0.717, 1.165) is 5.56 Å². The Bertz CT molecular complexity index is 165. The smallest absolute Gasteiger partial charge is 0.118 e. The van der Waals surface area contributed by atoms with Crippen LogP contribution in [0.3, 0.4) is 0 Å². The summed E-state index contributed by atoms with van der Waals surface area (Å²) >= 11 is 0. The molecule has 1 rings (SSSR count). The summed E-state index contributed by atoms with van der Waals surface area (Å²) in [5, 5.41) is 8.92. The quantitative estimate of drug-likeness (QED) is 0.645. The van der Waals surface area contributed by atoms with Gasteiger partial charge in [-0.3, -0.25) is 0 Å². The van der Waals surface area contributed by atoms with Crippen molar-refractivity contribution >= 4 is 0 Å². The number of rotatable bonds is 0. The molecule has 0 aliphatic rings. The summed E-state index contributed by atoms with van der Waals surface area (Å²) in [6.45, 7) is 1.87. The fourth-order valence-electron chi connectivity index (χ4n) is 0.563. The maximum absolute atomic E-state index is 8.92. The van der Waals surface area contributed by atoms with Crippen LogP contribution in [0.2, 0.25) is 0 Å². The van der Waals surface area contributed by atoms with Gasteiger partial charge in [-0.05, 0) is 18.6 Å². The van der Waals surface area contributed by atoms with Crippen LogP contribution in [0, 0.1) is 6.92 Å². The molecule has 0 fully saturated rings. The molecule has 0 radical (unpaired) electrons. The molecule has 0 spiro atoms. The van der Waals surface area contributed by atoms with Crippen LogP contribution in [0.1, 0.15) is 5.56 Å². The Morgan fingerprint density at radius 3 is 2.11 bits per heavy atom. The van der Waals surface area contributed by atoms with Crippen molar-refractivity contribution in [2.45, 2.75) is 6.92 Å². The predicted octanol–water partition coefficient (Wildman–Crippen LogP) is 1.70. The first-order chi connectivity index (χ1) is 3.80. The van der Waals surface area contributed by atoms with Crippen molar-refractivity contribution in [2.24, 2.45) is 0 Å². The second-order valence-electron chi connectivity index (χ2n) is 1.79. The standard InChI is InChI=1S/C7H8O.Ru/c1-6-4-2-3-5-7(6)8;/h2-5,8H,1H3;. The molecule has 2 heteroatoms. The number of para-hydroxylation sites is 1. The summed E-state index contributed by atoms with van der Waals surface area (Å²) in [6.07, 6.45) is 0. The molecule has 0 aliphatic carbocycles. The SMILES string of the molecule is Cc1ccccc1O.[Ru]. The molecule has 0 saturated heterocycles. The number of benzene rings is 1. The molecule has 50 valence electrons. The summed E-state index contributed by atoms with van der Waals surface area (Å²) in [5.41, 5.74) is 0.924. The normalized spacial score (nSPS) is 8.11. The van der Waals surface area contributed by atoms with Crippen molar-refractivity contribution in [1.29, 1.82) is 0 Å². The van der Waals surface area contributed by atoms with Gasteiger partial charge in [-0.1, -0.05) is 18.2 Å². The van der Waals surface area contributed by atoms with Gasteiger partial charge in [0.05, 0.1) is 0 Å². The van der Waals surface area contributed by atoms with Gasteiger partial charge in [0.1, 0.15) is 5.75 Å². The zero-order valence-corrected chi connectivity index (χ0v) is 6.85. The first kappa shape index (κ1) is 8.64. The van der Waals surface area contributed by atoms with Crippen molar-refractivity contribution in [2.75, 3.05) is 0 Å². The molecule has 0 aromatic heterocycles. The third kappa shape index (κ3) is 2.15. The Morgan fingerprint density at radius 2 is 1.78 bits per heavy atom. The average molecular weight is 209 g/mol. The molecule has 0 bridgehead atoms. The first-order valence-electron chi connectivity index (χ1n) is 2.55. The second-order valence-corrected chi connectivity index (χ2v) is 1.79. The van der Waals surface area contributed by atoms with Crippen molar-refractivity contribution in [3.8, 4) is 5.75 Å². The van der Waals surface area contributed by atoms with Crippen LogP contribution in [0.5, 0.6) is 5.75 Å². The number of hydrogen-bond acceptors (Lipinski definition) is 1. The Morgan fingerprint density at radius 1 is 1.22 bits per heavy atom. The topological polar surface area (TPSA) is 20.2 Å². The van der Waals surface area contributed by atoms with Gasteiger partial charge in [0.15, 0.2) is 0 Å². The average Bonchev–Trinajstić information content (AvgIpc) is 1.77. The van der Waals surface area contributed by atoms with E-state index < -0.39 is 0 Å². The van der Waals surface area contributed by atoms with E-state index in [0.29, 0.717) is 5.75 Å². The second kappa shape index (κ2) is 3.63. The Labute approximate surface area is 67.5 Å². The minimum absolute atomic E-state index is 0. The Balaban J connectivity index is 0.000000640. The molecular formula is C7H8ORu. The van der Waals surface area contributed by atoms with E-state index in [1.165, 1.54) is 0 Å². The van der Waals surface area contributed by atoms with Gasteiger partial charge in [0.2, 0.25) is 0 Å². The maximum Gasteiger partial charge on any atom is 0.118 e. The van der Waals surface area contributed by atoms with E-state index in [9.17, 15) is 0 Å². The van der Waals surface area contributed by atoms with Gasteiger partial charge in [-0.25, -0.2) is 0 Å². The van der Waals surface area contributed by atoms with Crippen LogP contribution in [0.15, 0.2) is 24.3 Å². The van der Waals surface area contributed by atoms with Crippen molar-refractivity contribution in [3.05, 3.63) is 29.8 Å². The Hall–Kier alpha value is -0.357. The van der Waals surface area contributed by atoms with Crippen LogP contribution in [0.4, 0.5) is 0 Å². The third-order valence-corrected chi connectivity index (χ3v) is 1.12. The minimum atomic E-state index is 0. The zero-order chi connectivity index (χ0) is 5.98. The molecule has 0 aliphatic heterocycles. The van der Waals surface area contributed by atoms with E-state index in [4.69, 9.17) is 5.11 Å². The largest absolute Gasteiger partial charge is 0.508 e. The van der Waals surface area contributed by atoms with Crippen LogP contribution in [0.25, 0.3) is 0 Å². The molecule has 0 unspecified atom stereocenters. The molecule has 9 heavy (non-hydrogen) atoms. The molecule has 1 aromatic carbocycles. The van der Waals surface area contributed by atoms with E-state index in [-0.39, 0.29) is 19.5 Å².